The minimum Gasteiger partial charge on any atom is -0.370 e. The monoisotopic (exact) mass is 469 g/mol. The van der Waals surface area contributed by atoms with E-state index in [2.05, 4.69) is 46.9 Å². The first-order chi connectivity index (χ1) is 11.6. The molecule has 0 spiro atoms. The summed E-state index contributed by atoms with van der Waals surface area (Å²) in [5, 5.41) is 5.35. The summed E-state index contributed by atoms with van der Waals surface area (Å²) in [5.74, 6) is 0.445. The van der Waals surface area contributed by atoms with Gasteiger partial charge in [0.05, 0.1) is 13.2 Å². The van der Waals surface area contributed by atoms with E-state index in [1.807, 2.05) is 0 Å². The highest BCUT2D eigenvalue weighted by atomic mass is 127. The van der Waals surface area contributed by atoms with Crippen molar-refractivity contribution in [3.05, 3.63) is 51.2 Å². The fourth-order valence-corrected chi connectivity index (χ4v) is 4.64. The van der Waals surface area contributed by atoms with Crippen LogP contribution in [0.4, 0.5) is 5.69 Å². The number of nitrogens with one attached hydrogen (secondary N) is 1. The van der Waals surface area contributed by atoms with Gasteiger partial charge in [0.25, 0.3) is 0 Å². The number of thiophene rings is 1. The number of aryl methyl sites for hydroxylation is 2. The maximum absolute atomic E-state index is 6.11. The van der Waals surface area contributed by atoms with Crippen molar-refractivity contribution in [2.24, 2.45) is 10.7 Å². The topological polar surface area (TPSA) is 59.6 Å². The van der Waals surface area contributed by atoms with E-state index in [1.165, 1.54) is 34.4 Å². The number of hydrogen-bond acceptors (Lipinski definition) is 3. The third kappa shape index (κ3) is 3.85. The lowest BCUT2D eigenvalue weighted by Crippen LogP contribution is -2.36. The number of nitrogens with zero attached hydrogens (tertiary/aromatic N) is 1. The van der Waals surface area contributed by atoms with E-state index in [-0.39, 0.29) is 29.6 Å². The Balaban J connectivity index is 0.00000182. The number of hydrogen-bond donors (Lipinski definition) is 2. The molecular formula is C19H24IN3OS. The van der Waals surface area contributed by atoms with Gasteiger partial charge in [0.15, 0.2) is 5.96 Å². The smallest absolute Gasteiger partial charge is 0.193 e. The zero-order valence-electron chi connectivity index (χ0n) is 14.4. The largest absolute Gasteiger partial charge is 0.370 e. The molecule has 1 aliphatic carbocycles. The summed E-state index contributed by atoms with van der Waals surface area (Å²) in [6.07, 6.45) is 4.60. The van der Waals surface area contributed by atoms with Crippen molar-refractivity contribution in [2.45, 2.75) is 38.2 Å². The molecule has 25 heavy (non-hydrogen) atoms. The van der Waals surface area contributed by atoms with Gasteiger partial charge in [-0.05, 0) is 66.5 Å². The molecule has 1 aliphatic heterocycles. The minimum absolute atomic E-state index is 0. The molecule has 2 aromatic rings. The van der Waals surface area contributed by atoms with Crippen LogP contribution in [0.5, 0.6) is 0 Å². The van der Waals surface area contributed by atoms with E-state index in [9.17, 15) is 0 Å². The molecule has 134 valence electrons. The Morgan fingerprint density at radius 1 is 1.28 bits per heavy atom. The van der Waals surface area contributed by atoms with E-state index in [0.29, 0.717) is 12.5 Å². The predicted octanol–water partition coefficient (Wildman–Crippen LogP) is 4.07. The summed E-state index contributed by atoms with van der Waals surface area (Å²) in [6, 6.07) is 8.63. The van der Waals surface area contributed by atoms with Crippen molar-refractivity contribution in [3.63, 3.8) is 0 Å². The van der Waals surface area contributed by atoms with Gasteiger partial charge in [0.2, 0.25) is 0 Å². The number of guanidine groups is 1. The normalized spacial score (nSPS) is 22.0. The SMILES string of the molecule is CC1(CN=C(N)Nc2ccc3c(c2)CCC3)OCCc2sccc21.I. The number of anilines is 1. The highest BCUT2D eigenvalue weighted by Crippen LogP contribution is 2.36. The van der Waals surface area contributed by atoms with Crippen molar-refractivity contribution >= 4 is 47.0 Å². The Labute approximate surface area is 169 Å². The molecule has 0 amide bonds. The number of halogens is 1. The quantitative estimate of drug-likeness (QED) is 0.405. The summed E-state index contributed by atoms with van der Waals surface area (Å²) in [7, 11) is 0. The van der Waals surface area contributed by atoms with Crippen LogP contribution >= 0.6 is 35.3 Å². The van der Waals surface area contributed by atoms with Crippen LogP contribution in [0.2, 0.25) is 0 Å². The molecule has 1 aromatic heterocycles. The Morgan fingerprint density at radius 3 is 3.00 bits per heavy atom. The van der Waals surface area contributed by atoms with Crippen LogP contribution in [0.15, 0.2) is 34.6 Å². The lowest BCUT2D eigenvalue weighted by atomic mass is 9.93. The average molecular weight is 469 g/mol. The van der Waals surface area contributed by atoms with Gasteiger partial charge in [-0.15, -0.1) is 35.3 Å². The second-order valence-electron chi connectivity index (χ2n) is 6.75. The number of nitrogens with two attached hydrogens (primary N) is 1. The van der Waals surface area contributed by atoms with Crippen LogP contribution in [0, 0.1) is 0 Å². The molecule has 6 heteroatoms. The number of fused-ring (bicyclic) bond motifs is 2. The maximum Gasteiger partial charge on any atom is 0.193 e. The van der Waals surface area contributed by atoms with Gasteiger partial charge in [-0.2, -0.15) is 0 Å². The van der Waals surface area contributed by atoms with Gasteiger partial charge in [0, 0.05) is 17.0 Å². The molecule has 2 heterocycles. The van der Waals surface area contributed by atoms with Crippen LogP contribution in [-0.2, 0) is 29.6 Å². The molecule has 0 saturated carbocycles. The molecular weight excluding hydrogens is 445 g/mol. The Hall–Kier alpha value is -1.12. The molecule has 0 radical (unpaired) electrons. The van der Waals surface area contributed by atoms with E-state index < -0.39 is 0 Å². The molecule has 0 saturated heterocycles. The standard InChI is InChI=1S/C19H23N3OS.HI/c1-19(16-8-10-24-17(16)7-9-23-19)12-21-18(20)22-15-6-5-13-3-2-4-14(13)11-15;/h5-6,8,10-11H,2-4,7,9,12H2,1H3,(H3,20,21,22);1H. The Bertz CT molecular complexity index is 789. The first-order valence-corrected chi connectivity index (χ1v) is 9.42. The first kappa shape index (κ1) is 18.7. The number of aliphatic imine (C=N–C) groups is 1. The molecule has 0 bridgehead atoms. The van der Waals surface area contributed by atoms with Crippen molar-refractivity contribution < 1.29 is 4.74 Å². The third-order valence-electron chi connectivity index (χ3n) is 4.99. The van der Waals surface area contributed by atoms with Crippen LogP contribution in [0.25, 0.3) is 0 Å². The third-order valence-corrected chi connectivity index (χ3v) is 5.97. The lowest BCUT2D eigenvalue weighted by molar-refractivity contribution is -0.0374. The number of benzene rings is 1. The van der Waals surface area contributed by atoms with E-state index in [1.54, 1.807) is 11.3 Å². The van der Waals surface area contributed by atoms with Crippen LogP contribution in [0.3, 0.4) is 0 Å². The molecule has 2 aliphatic rings. The zero-order chi connectivity index (χ0) is 16.6. The highest BCUT2D eigenvalue weighted by molar-refractivity contribution is 14.0. The molecule has 4 nitrogen and oxygen atoms in total. The molecule has 1 unspecified atom stereocenters. The van der Waals surface area contributed by atoms with E-state index >= 15 is 0 Å². The fraction of sp³-hybridized carbons (Fsp3) is 0.421. The minimum atomic E-state index is -0.377. The second-order valence-corrected chi connectivity index (χ2v) is 7.75. The number of ether oxygens (including phenoxy) is 1. The maximum atomic E-state index is 6.11. The molecule has 1 atom stereocenters. The van der Waals surface area contributed by atoms with Gasteiger partial charge in [0.1, 0.15) is 5.60 Å². The predicted molar refractivity (Wildman–Crippen MR) is 115 cm³/mol. The molecule has 1 aromatic carbocycles. The first-order valence-electron chi connectivity index (χ1n) is 8.54. The van der Waals surface area contributed by atoms with Gasteiger partial charge in [-0.1, -0.05) is 6.07 Å². The van der Waals surface area contributed by atoms with Crippen molar-refractivity contribution in [1.82, 2.24) is 0 Å². The van der Waals surface area contributed by atoms with Crippen molar-refractivity contribution in [1.29, 1.82) is 0 Å². The number of rotatable bonds is 3. The summed E-state index contributed by atoms with van der Waals surface area (Å²) < 4.78 is 6.03. The van der Waals surface area contributed by atoms with Gasteiger partial charge < -0.3 is 15.8 Å². The summed E-state index contributed by atoms with van der Waals surface area (Å²) in [6.45, 7) is 3.38. The molecule has 3 N–H and O–H groups in total. The lowest BCUT2D eigenvalue weighted by Gasteiger charge is -2.33. The molecule has 0 fully saturated rings. The van der Waals surface area contributed by atoms with Gasteiger partial charge in [-0.3, -0.25) is 0 Å². The van der Waals surface area contributed by atoms with Crippen LogP contribution in [0.1, 0.15) is 34.9 Å². The summed E-state index contributed by atoms with van der Waals surface area (Å²) in [4.78, 5) is 5.96. The Kier molecular flexibility index (Phi) is 5.70. The van der Waals surface area contributed by atoms with Crippen molar-refractivity contribution in [2.75, 3.05) is 18.5 Å². The van der Waals surface area contributed by atoms with Gasteiger partial charge >= 0.3 is 0 Å². The molecule has 4 rings (SSSR count). The Morgan fingerprint density at radius 2 is 2.12 bits per heavy atom. The van der Waals surface area contributed by atoms with Crippen LogP contribution < -0.4 is 11.1 Å². The highest BCUT2D eigenvalue weighted by Gasteiger charge is 2.33. The average Bonchev–Trinajstić information content (AvgIpc) is 3.22. The van der Waals surface area contributed by atoms with E-state index in [0.717, 1.165) is 25.1 Å². The van der Waals surface area contributed by atoms with Gasteiger partial charge in [-0.25, -0.2) is 4.99 Å². The fourth-order valence-electron chi connectivity index (χ4n) is 3.66. The van der Waals surface area contributed by atoms with E-state index in [4.69, 9.17) is 10.5 Å². The summed E-state index contributed by atoms with van der Waals surface area (Å²) >= 11 is 1.80. The van der Waals surface area contributed by atoms with Crippen LogP contribution in [-0.4, -0.2) is 19.1 Å². The van der Waals surface area contributed by atoms with Crippen molar-refractivity contribution in [3.8, 4) is 0 Å². The second kappa shape index (κ2) is 7.63. The summed E-state index contributed by atoms with van der Waals surface area (Å²) in [5.41, 5.74) is 10.9. The zero-order valence-corrected chi connectivity index (χ0v) is 17.5.